The second-order valence-corrected chi connectivity index (χ2v) is 12.7. The molecule has 0 radical (unpaired) electrons. The molecule has 4 rings (SSSR count). The zero-order chi connectivity index (χ0) is 31.9. The Morgan fingerprint density at radius 1 is 1.05 bits per heavy atom. The number of benzene rings is 2. The van der Waals surface area contributed by atoms with Crippen molar-refractivity contribution in [3.63, 3.8) is 0 Å². The number of hydrogen-bond acceptors (Lipinski definition) is 12. The normalized spacial score (nSPS) is 13.5. The van der Waals surface area contributed by atoms with Gasteiger partial charge < -0.3 is 19.9 Å². The van der Waals surface area contributed by atoms with E-state index in [4.69, 9.17) is 4.74 Å². The predicted molar refractivity (Wildman–Crippen MR) is 168 cm³/mol. The van der Waals surface area contributed by atoms with Crippen molar-refractivity contribution in [2.45, 2.75) is 31.3 Å². The van der Waals surface area contributed by atoms with Crippen LogP contribution < -0.4 is 14.5 Å². The minimum atomic E-state index is -3.52. The fourth-order valence-electron chi connectivity index (χ4n) is 4.27. The highest BCUT2D eigenvalue weighted by Gasteiger charge is 2.28. The molecule has 1 aromatic heterocycles. The van der Waals surface area contributed by atoms with Gasteiger partial charge in [0, 0.05) is 49.4 Å². The molecule has 0 bridgehead atoms. The number of nitro benzene ring substituents is 1. The van der Waals surface area contributed by atoms with E-state index in [0.717, 1.165) is 11.0 Å². The van der Waals surface area contributed by atoms with Crippen LogP contribution in [0.4, 0.5) is 27.7 Å². The number of thiol groups is 1. The summed E-state index contributed by atoms with van der Waals surface area (Å²) in [5.74, 6) is 0.0673. The number of ether oxygens (including phenoxy) is 1. The number of anilines is 3. The van der Waals surface area contributed by atoms with Gasteiger partial charge in [0.25, 0.3) is 11.6 Å². The number of carbonyl (C=O) groups is 2. The lowest BCUT2D eigenvalue weighted by atomic mass is 10.2. The van der Waals surface area contributed by atoms with E-state index in [1.54, 1.807) is 37.4 Å². The highest BCUT2D eigenvalue weighted by atomic mass is 32.2. The Labute approximate surface area is 260 Å². The second-order valence-electron chi connectivity index (χ2n) is 10.6. The largest absolute Gasteiger partial charge is 0.444 e. The fourth-order valence-corrected chi connectivity index (χ4v) is 5.62. The lowest BCUT2D eigenvalue weighted by molar-refractivity contribution is -0.383. The van der Waals surface area contributed by atoms with Gasteiger partial charge in [-0.05, 0) is 57.2 Å². The molecular weight excluding hydrogens is 610 g/mol. The molecule has 16 heteroatoms. The number of carbonyl (C=O) groups excluding carboxylic acids is 2. The van der Waals surface area contributed by atoms with Crippen LogP contribution in [0.2, 0.25) is 0 Å². The van der Waals surface area contributed by atoms with E-state index in [2.05, 4.69) is 15.5 Å². The first-order chi connectivity index (χ1) is 20.9. The van der Waals surface area contributed by atoms with Gasteiger partial charge in [-0.15, -0.1) is 22.0 Å². The van der Waals surface area contributed by atoms with E-state index in [1.165, 1.54) is 24.3 Å². The van der Waals surface area contributed by atoms with Crippen molar-refractivity contribution >= 4 is 57.5 Å². The summed E-state index contributed by atoms with van der Waals surface area (Å²) in [5, 5.41) is 22.8. The molecule has 0 saturated carbocycles. The molecule has 3 aromatic rings. The van der Waals surface area contributed by atoms with Crippen LogP contribution in [0.25, 0.3) is 0 Å². The first kappa shape index (κ1) is 32.5. The molecule has 2 heterocycles. The summed E-state index contributed by atoms with van der Waals surface area (Å²) < 4.78 is 30.2. The van der Waals surface area contributed by atoms with E-state index in [9.17, 15) is 28.1 Å². The van der Waals surface area contributed by atoms with Crippen molar-refractivity contribution < 1.29 is 27.7 Å². The number of nitrogens with zero attached hydrogens (tertiary/aromatic N) is 6. The molecule has 2 amide bonds. The third-order valence-corrected chi connectivity index (χ3v) is 8.09. The molecule has 1 N–H and O–H groups in total. The summed E-state index contributed by atoms with van der Waals surface area (Å²) in [5.41, 5.74) is -1.25. The summed E-state index contributed by atoms with van der Waals surface area (Å²) in [6, 6.07) is 16.3. The number of thioether (sulfide) groups is 1. The summed E-state index contributed by atoms with van der Waals surface area (Å²) in [7, 11) is -3.52. The Morgan fingerprint density at radius 3 is 2.34 bits per heavy atom. The van der Waals surface area contributed by atoms with Gasteiger partial charge in [0.2, 0.25) is 10.9 Å². The molecule has 1 aliphatic rings. The maximum Gasteiger partial charge on any atom is 0.410 e. The third-order valence-electron chi connectivity index (χ3n) is 6.33. The fraction of sp³-hybridized carbons (Fsp3) is 0.357. The van der Waals surface area contributed by atoms with E-state index in [1.807, 2.05) is 35.2 Å². The Hall–Kier alpha value is -4.44. The van der Waals surface area contributed by atoms with E-state index >= 15 is 0 Å². The standard InChI is InChI=1S/C28H33N7O7S2/c1-28(2,3)42-27(37)33-16-14-32(15-17-33)25-12-11-23(30-31-25)26(36)34(44(40)41)20-9-10-22(24(19-20)35(38)39)29-13-18-43-21-7-5-4-6-8-21/h4-12,19,29,44H,13-18H2,1-3H3. The van der Waals surface area contributed by atoms with Crippen molar-refractivity contribution in [1.82, 2.24) is 15.1 Å². The molecule has 0 atom stereocenters. The Morgan fingerprint density at radius 2 is 1.75 bits per heavy atom. The van der Waals surface area contributed by atoms with Crippen LogP contribution in [-0.2, 0) is 15.6 Å². The third kappa shape index (κ3) is 8.57. The molecule has 2 aromatic carbocycles. The van der Waals surface area contributed by atoms with E-state index in [-0.39, 0.29) is 22.8 Å². The highest BCUT2D eigenvalue weighted by Crippen LogP contribution is 2.31. The molecule has 14 nitrogen and oxygen atoms in total. The number of nitrogens with one attached hydrogen (secondary N) is 1. The van der Waals surface area contributed by atoms with Gasteiger partial charge in [0.15, 0.2) is 11.5 Å². The Balaban J connectivity index is 1.41. The quantitative estimate of drug-likeness (QED) is 0.108. The van der Waals surface area contributed by atoms with Gasteiger partial charge in [-0.2, -0.15) is 0 Å². The molecule has 1 aliphatic heterocycles. The van der Waals surface area contributed by atoms with E-state index < -0.39 is 33.4 Å². The molecule has 0 spiro atoms. The Bertz CT molecular complexity index is 1550. The summed E-state index contributed by atoms with van der Waals surface area (Å²) in [6.45, 7) is 7.51. The zero-order valence-electron chi connectivity index (χ0n) is 24.4. The monoisotopic (exact) mass is 643 g/mol. The number of piperazine rings is 1. The number of amides is 2. The average Bonchev–Trinajstić information content (AvgIpc) is 2.99. The highest BCUT2D eigenvalue weighted by molar-refractivity contribution is 7.99. The molecule has 234 valence electrons. The van der Waals surface area contributed by atoms with Crippen molar-refractivity contribution in [3.8, 4) is 0 Å². The molecule has 0 aliphatic carbocycles. The molecular formula is C28H33N7O7S2. The van der Waals surface area contributed by atoms with Gasteiger partial charge in [0.1, 0.15) is 11.3 Å². The molecule has 1 fully saturated rings. The molecule has 0 unspecified atom stereocenters. The van der Waals surface area contributed by atoms with Crippen LogP contribution in [0.15, 0.2) is 65.6 Å². The van der Waals surface area contributed by atoms with Crippen molar-refractivity contribution in [2.24, 2.45) is 0 Å². The average molecular weight is 644 g/mol. The van der Waals surface area contributed by atoms with Crippen molar-refractivity contribution in [1.29, 1.82) is 0 Å². The minimum Gasteiger partial charge on any atom is -0.444 e. The van der Waals surface area contributed by atoms with Crippen LogP contribution in [0.3, 0.4) is 0 Å². The second kappa shape index (κ2) is 14.4. The maximum absolute atomic E-state index is 13.2. The number of hydrogen-bond donors (Lipinski definition) is 2. The minimum absolute atomic E-state index is 0.192. The number of rotatable bonds is 10. The summed E-state index contributed by atoms with van der Waals surface area (Å²) >= 11 is 1.58. The number of nitro groups is 1. The maximum atomic E-state index is 13.2. The van der Waals surface area contributed by atoms with Gasteiger partial charge in [-0.25, -0.2) is 17.5 Å². The zero-order valence-corrected chi connectivity index (χ0v) is 26.1. The topological polar surface area (TPSA) is 168 Å². The first-order valence-electron chi connectivity index (χ1n) is 13.7. The summed E-state index contributed by atoms with van der Waals surface area (Å²) in [4.78, 5) is 41.2. The van der Waals surface area contributed by atoms with Crippen LogP contribution in [0.1, 0.15) is 31.3 Å². The van der Waals surface area contributed by atoms with Crippen LogP contribution in [0, 0.1) is 10.1 Å². The van der Waals surface area contributed by atoms with Crippen LogP contribution >= 0.6 is 11.8 Å². The lowest BCUT2D eigenvalue weighted by Crippen LogP contribution is -2.50. The first-order valence-corrected chi connectivity index (χ1v) is 15.8. The van der Waals surface area contributed by atoms with Crippen molar-refractivity contribution in [2.75, 3.05) is 53.0 Å². The van der Waals surface area contributed by atoms with Crippen molar-refractivity contribution in [3.05, 3.63) is 76.5 Å². The van der Waals surface area contributed by atoms with Crippen LogP contribution in [0.5, 0.6) is 0 Å². The van der Waals surface area contributed by atoms with Gasteiger partial charge in [0.05, 0.1) is 10.6 Å². The van der Waals surface area contributed by atoms with E-state index in [0.29, 0.717) is 48.6 Å². The van der Waals surface area contributed by atoms with Gasteiger partial charge in [-0.3, -0.25) is 14.9 Å². The Kier molecular flexibility index (Phi) is 10.6. The molecule has 44 heavy (non-hydrogen) atoms. The smallest absolute Gasteiger partial charge is 0.410 e. The SMILES string of the molecule is CC(C)(C)OC(=O)N1CCN(c2ccc(C(=O)N(c3ccc(NCCSc4ccccc4)c([N+](=O)[O-])c3)[SH](=O)=O)nn2)CC1. The predicted octanol–water partition coefficient (Wildman–Crippen LogP) is 3.82. The number of aromatic nitrogens is 2. The summed E-state index contributed by atoms with van der Waals surface area (Å²) in [6.07, 6.45) is -0.401. The van der Waals surface area contributed by atoms with Gasteiger partial charge in [-0.1, -0.05) is 18.2 Å². The molecule has 1 saturated heterocycles. The van der Waals surface area contributed by atoms with Crippen LogP contribution in [-0.4, -0.2) is 84.5 Å². The van der Waals surface area contributed by atoms with Gasteiger partial charge >= 0.3 is 6.09 Å². The lowest BCUT2D eigenvalue weighted by Gasteiger charge is -2.35.